The molecular weight excluding hydrogens is 194 g/mol. The van der Waals surface area contributed by atoms with E-state index < -0.39 is 6.04 Å². The van der Waals surface area contributed by atoms with Crippen molar-refractivity contribution in [1.29, 1.82) is 0 Å². The molecule has 2 N–H and O–H groups in total. The van der Waals surface area contributed by atoms with Crippen molar-refractivity contribution in [3.05, 3.63) is 0 Å². The number of amides is 1. The van der Waals surface area contributed by atoms with E-state index in [1.54, 1.807) is 6.92 Å². The molecule has 1 fully saturated rings. The van der Waals surface area contributed by atoms with Crippen molar-refractivity contribution in [2.45, 2.75) is 51.7 Å². The zero-order chi connectivity index (χ0) is 11.4. The van der Waals surface area contributed by atoms with E-state index in [4.69, 9.17) is 0 Å². The number of carbonyl (C=O) groups is 2. The molecule has 0 spiro atoms. The maximum absolute atomic E-state index is 11.7. The quantitative estimate of drug-likeness (QED) is 0.722. The second-order valence-electron chi connectivity index (χ2n) is 4.35. The highest BCUT2D eigenvalue weighted by atomic mass is 16.3. The summed E-state index contributed by atoms with van der Waals surface area (Å²) in [7, 11) is 0. The third-order valence-corrected chi connectivity index (χ3v) is 3.04. The van der Waals surface area contributed by atoms with E-state index in [0.717, 1.165) is 12.8 Å². The van der Waals surface area contributed by atoms with Gasteiger partial charge in [0.1, 0.15) is 0 Å². The Kier molecular flexibility index (Phi) is 4.27. The molecule has 4 heteroatoms. The molecule has 1 unspecified atom stereocenters. The van der Waals surface area contributed by atoms with Gasteiger partial charge in [0.25, 0.3) is 0 Å². The van der Waals surface area contributed by atoms with E-state index >= 15 is 0 Å². The van der Waals surface area contributed by atoms with Crippen LogP contribution in [0, 0.1) is 5.92 Å². The molecule has 0 aromatic heterocycles. The van der Waals surface area contributed by atoms with Gasteiger partial charge in [0.15, 0.2) is 5.78 Å². The average Bonchev–Trinajstić information content (AvgIpc) is 2.18. The van der Waals surface area contributed by atoms with Crippen LogP contribution >= 0.6 is 0 Å². The zero-order valence-corrected chi connectivity index (χ0v) is 9.32. The van der Waals surface area contributed by atoms with Crippen LogP contribution in [0.2, 0.25) is 0 Å². The molecule has 1 saturated carbocycles. The summed E-state index contributed by atoms with van der Waals surface area (Å²) in [5.41, 5.74) is 0. The summed E-state index contributed by atoms with van der Waals surface area (Å²) in [5.74, 6) is -0.112. The van der Waals surface area contributed by atoms with Crippen LogP contribution in [0.4, 0.5) is 0 Å². The first-order valence-electron chi connectivity index (χ1n) is 5.49. The van der Waals surface area contributed by atoms with Gasteiger partial charge in [0, 0.05) is 5.92 Å². The molecule has 0 aromatic rings. The van der Waals surface area contributed by atoms with E-state index in [-0.39, 0.29) is 23.7 Å². The molecule has 0 heterocycles. The van der Waals surface area contributed by atoms with E-state index in [0.29, 0.717) is 12.8 Å². The number of rotatable bonds is 3. The minimum absolute atomic E-state index is 0.0285. The summed E-state index contributed by atoms with van der Waals surface area (Å²) in [6.07, 6.45) is 2.56. The molecule has 4 nitrogen and oxygen atoms in total. The van der Waals surface area contributed by atoms with Crippen LogP contribution in [0.15, 0.2) is 0 Å². The number of Topliss-reactive ketones (excluding diaryl/α,β-unsaturated/α-hetero) is 1. The Bertz CT molecular complexity index is 244. The lowest BCUT2D eigenvalue weighted by atomic mass is 9.87. The fraction of sp³-hybridized carbons (Fsp3) is 0.818. The largest absolute Gasteiger partial charge is 0.393 e. The minimum Gasteiger partial charge on any atom is -0.393 e. The van der Waals surface area contributed by atoms with E-state index in [1.165, 1.54) is 6.92 Å². The van der Waals surface area contributed by atoms with Crippen molar-refractivity contribution in [3.8, 4) is 0 Å². The Morgan fingerprint density at radius 1 is 1.27 bits per heavy atom. The number of carbonyl (C=O) groups excluding carboxylic acids is 2. The van der Waals surface area contributed by atoms with Crippen molar-refractivity contribution in [3.63, 3.8) is 0 Å². The average molecular weight is 213 g/mol. The topological polar surface area (TPSA) is 66.4 Å². The monoisotopic (exact) mass is 213 g/mol. The van der Waals surface area contributed by atoms with Crippen molar-refractivity contribution in [2.75, 3.05) is 0 Å². The normalized spacial score (nSPS) is 28.2. The molecule has 0 saturated heterocycles. The van der Waals surface area contributed by atoms with Gasteiger partial charge in [-0.1, -0.05) is 0 Å². The van der Waals surface area contributed by atoms with Crippen molar-refractivity contribution in [2.24, 2.45) is 5.92 Å². The van der Waals surface area contributed by atoms with Crippen LogP contribution < -0.4 is 5.32 Å². The lowest BCUT2D eigenvalue weighted by Crippen LogP contribution is -2.42. The first-order valence-corrected chi connectivity index (χ1v) is 5.49. The van der Waals surface area contributed by atoms with Gasteiger partial charge in [-0.05, 0) is 39.5 Å². The Balaban J connectivity index is 2.37. The van der Waals surface area contributed by atoms with E-state index in [9.17, 15) is 14.7 Å². The van der Waals surface area contributed by atoms with Crippen molar-refractivity contribution in [1.82, 2.24) is 5.32 Å². The third-order valence-electron chi connectivity index (χ3n) is 3.04. The second kappa shape index (κ2) is 5.26. The molecule has 1 atom stereocenters. The first kappa shape index (κ1) is 12.2. The SMILES string of the molecule is CC(=O)C(C)NC(=O)C1CCC(O)CC1. The molecule has 1 rings (SSSR count). The lowest BCUT2D eigenvalue weighted by molar-refractivity contribution is -0.130. The number of ketones is 1. The first-order chi connectivity index (χ1) is 7.00. The van der Waals surface area contributed by atoms with Crippen LogP contribution in [0.5, 0.6) is 0 Å². The highest BCUT2D eigenvalue weighted by Crippen LogP contribution is 2.24. The van der Waals surface area contributed by atoms with Gasteiger partial charge in [-0.15, -0.1) is 0 Å². The summed E-state index contributed by atoms with van der Waals surface area (Å²) in [6, 6.07) is -0.399. The molecule has 1 aliphatic rings. The van der Waals surface area contributed by atoms with Gasteiger partial charge < -0.3 is 10.4 Å². The smallest absolute Gasteiger partial charge is 0.223 e. The minimum atomic E-state index is -0.399. The third kappa shape index (κ3) is 3.63. The van der Waals surface area contributed by atoms with Gasteiger partial charge in [0.2, 0.25) is 5.91 Å². The van der Waals surface area contributed by atoms with Gasteiger partial charge >= 0.3 is 0 Å². The summed E-state index contributed by atoms with van der Waals surface area (Å²) < 4.78 is 0. The Hall–Kier alpha value is -0.900. The molecule has 1 amide bonds. The maximum atomic E-state index is 11.7. The van der Waals surface area contributed by atoms with Crippen molar-refractivity contribution >= 4 is 11.7 Å². The van der Waals surface area contributed by atoms with E-state index in [2.05, 4.69) is 5.32 Å². The fourth-order valence-corrected chi connectivity index (χ4v) is 1.77. The number of aliphatic hydroxyl groups is 1. The van der Waals surface area contributed by atoms with Gasteiger partial charge in [-0.25, -0.2) is 0 Å². The van der Waals surface area contributed by atoms with Crippen LogP contribution in [-0.4, -0.2) is 28.9 Å². The predicted octanol–water partition coefficient (Wildman–Crippen LogP) is 0.631. The summed E-state index contributed by atoms with van der Waals surface area (Å²) in [6.45, 7) is 3.16. The molecule has 86 valence electrons. The number of hydrogen-bond acceptors (Lipinski definition) is 3. The molecule has 0 aliphatic heterocycles. The number of aliphatic hydroxyl groups excluding tert-OH is 1. The highest BCUT2D eigenvalue weighted by Gasteiger charge is 2.26. The van der Waals surface area contributed by atoms with Gasteiger partial charge in [-0.2, -0.15) is 0 Å². The molecule has 0 aromatic carbocycles. The Morgan fingerprint density at radius 3 is 2.27 bits per heavy atom. The summed E-state index contributed by atoms with van der Waals surface area (Å²) in [4.78, 5) is 22.6. The molecular formula is C11H19NO3. The molecule has 0 bridgehead atoms. The van der Waals surface area contributed by atoms with Crippen LogP contribution in [0.25, 0.3) is 0 Å². The molecule has 15 heavy (non-hydrogen) atoms. The maximum Gasteiger partial charge on any atom is 0.223 e. The number of nitrogens with one attached hydrogen (secondary N) is 1. The standard InChI is InChI=1S/C11H19NO3/c1-7(8(2)13)12-11(15)9-3-5-10(14)6-4-9/h7,9-10,14H,3-6H2,1-2H3,(H,12,15). The predicted molar refractivity (Wildman–Crippen MR) is 56.3 cm³/mol. The fourth-order valence-electron chi connectivity index (χ4n) is 1.77. The number of hydrogen-bond donors (Lipinski definition) is 2. The second-order valence-corrected chi connectivity index (χ2v) is 4.35. The van der Waals surface area contributed by atoms with E-state index in [1.807, 2.05) is 0 Å². The van der Waals surface area contributed by atoms with Crippen LogP contribution in [0.1, 0.15) is 39.5 Å². The zero-order valence-electron chi connectivity index (χ0n) is 9.32. The van der Waals surface area contributed by atoms with Crippen LogP contribution in [0.3, 0.4) is 0 Å². The summed E-state index contributed by atoms with van der Waals surface area (Å²) in [5, 5.41) is 12.0. The molecule has 1 aliphatic carbocycles. The van der Waals surface area contributed by atoms with Crippen molar-refractivity contribution < 1.29 is 14.7 Å². The summed E-state index contributed by atoms with van der Waals surface area (Å²) >= 11 is 0. The molecule has 0 radical (unpaired) electrons. The Labute approximate surface area is 90.0 Å². The van der Waals surface area contributed by atoms with Gasteiger partial charge in [0.05, 0.1) is 12.1 Å². The lowest BCUT2D eigenvalue weighted by Gasteiger charge is -2.25. The van der Waals surface area contributed by atoms with Crippen LogP contribution in [-0.2, 0) is 9.59 Å². The van der Waals surface area contributed by atoms with Gasteiger partial charge in [-0.3, -0.25) is 9.59 Å². The Morgan fingerprint density at radius 2 is 1.80 bits per heavy atom. The highest BCUT2D eigenvalue weighted by molar-refractivity contribution is 5.88.